The third-order valence-corrected chi connectivity index (χ3v) is 2.03. The number of benzene rings is 1. The van der Waals surface area contributed by atoms with Gasteiger partial charge < -0.3 is 15.5 Å². The van der Waals surface area contributed by atoms with E-state index in [1.807, 2.05) is 6.07 Å². The predicted octanol–water partition coefficient (Wildman–Crippen LogP) is 1.44. The number of rotatable bonds is 2. The van der Waals surface area contributed by atoms with Gasteiger partial charge in [-0.25, -0.2) is 4.98 Å². The van der Waals surface area contributed by atoms with Crippen molar-refractivity contribution in [2.45, 2.75) is 0 Å². The van der Waals surface area contributed by atoms with Crippen LogP contribution in [0.15, 0.2) is 35.4 Å². The first-order valence-electron chi connectivity index (χ1n) is 4.72. The fourth-order valence-electron chi connectivity index (χ4n) is 1.22. The number of H-pyrrole nitrogens is 1. The van der Waals surface area contributed by atoms with E-state index in [1.165, 1.54) is 12.4 Å². The largest absolute Gasteiger partial charge is 0.437 e. The van der Waals surface area contributed by atoms with E-state index < -0.39 is 5.56 Å². The van der Waals surface area contributed by atoms with Crippen LogP contribution >= 0.6 is 12.4 Å². The van der Waals surface area contributed by atoms with Crippen LogP contribution in [0.1, 0.15) is 5.56 Å². The summed E-state index contributed by atoms with van der Waals surface area (Å²) in [4.78, 5) is 17.3. The van der Waals surface area contributed by atoms with Gasteiger partial charge in [-0.3, -0.25) is 4.79 Å². The number of nitrogens with one attached hydrogen (secondary N) is 1. The zero-order chi connectivity index (χ0) is 12.3. The highest BCUT2D eigenvalue weighted by Gasteiger charge is 2.07. The van der Waals surface area contributed by atoms with Crippen LogP contribution in [0.4, 0.5) is 5.69 Å². The summed E-state index contributed by atoms with van der Waals surface area (Å²) >= 11 is 0. The van der Waals surface area contributed by atoms with Crippen molar-refractivity contribution in [3.8, 4) is 17.7 Å². The van der Waals surface area contributed by atoms with Crippen LogP contribution in [0.3, 0.4) is 0 Å². The number of hydrogen-bond donors (Lipinski definition) is 2. The molecule has 1 aromatic carbocycles. The molecular formula is C11H9ClN4O2. The number of nitrogen functional groups attached to an aromatic ring is 1. The van der Waals surface area contributed by atoms with Crippen molar-refractivity contribution in [2.24, 2.45) is 0 Å². The van der Waals surface area contributed by atoms with E-state index in [0.29, 0.717) is 11.3 Å². The van der Waals surface area contributed by atoms with Crippen LogP contribution in [-0.2, 0) is 0 Å². The van der Waals surface area contributed by atoms with E-state index in [2.05, 4.69) is 9.97 Å². The second-order valence-corrected chi connectivity index (χ2v) is 3.19. The molecule has 0 bridgehead atoms. The molecule has 6 nitrogen and oxygen atoms in total. The number of halogens is 1. The summed E-state index contributed by atoms with van der Waals surface area (Å²) < 4.78 is 5.33. The lowest BCUT2D eigenvalue weighted by Gasteiger charge is -2.05. The normalized spacial score (nSPS) is 9.06. The molecule has 2 rings (SSSR count). The van der Waals surface area contributed by atoms with E-state index in [1.54, 1.807) is 18.2 Å². The van der Waals surface area contributed by atoms with Crippen LogP contribution in [0.2, 0.25) is 0 Å². The number of nitriles is 1. The Labute approximate surface area is 108 Å². The summed E-state index contributed by atoms with van der Waals surface area (Å²) in [5, 5.41) is 8.73. The SMILES string of the molecule is Cl.N#Cc1cccc(Oc2nc[nH]c(=O)c2N)c1. The molecular weight excluding hydrogens is 256 g/mol. The molecule has 0 spiro atoms. The molecule has 0 aliphatic rings. The Bertz CT molecular complexity index is 648. The molecule has 0 amide bonds. The summed E-state index contributed by atoms with van der Waals surface area (Å²) in [5.74, 6) is 0.415. The maximum absolute atomic E-state index is 11.2. The number of anilines is 1. The van der Waals surface area contributed by atoms with Crippen molar-refractivity contribution in [3.63, 3.8) is 0 Å². The van der Waals surface area contributed by atoms with Gasteiger partial charge in [-0.1, -0.05) is 6.07 Å². The van der Waals surface area contributed by atoms with E-state index in [9.17, 15) is 4.79 Å². The molecule has 1 heterocycles. The van der Waals surface area contributed by atoms with Crippen LogP contribution < -0.4 is 16.0 Å². The number of ether oxygens (including phenoxy) is 1. The molecule has 0 fully saturated rings. The maximum atomic E-state index is 11.2. The van der Waals surface area contributed by atoms with Crippen molar-refractivity contribution < 1.29 is 4.74 Å². The molecule has 0 radical (unpaired) electrons. The lowest BCUT2D eigenvalue weighted by molar-refractivity contribution is 0.463. The van der Waals surface area contributed by atoms with Crippen LogP contribution in [0, 0.1) is 11.3 Å². The van der Waals surface area contributed by atoms with Gasteiger partial charge in [-0.15, -0.1) is 12.4 Å². The smallest absolute Gasteiger partial charge is 0.277 e. The number of aromatic amines is 1. The molecule has 0 aliphatic heterocycles. The average Bonchev–Trinajstić information content (AvgIpc) is 2.35. The van der Waals surface area contributed by atoms with Crippen molar-refractivity contribution in [2.75, 3.05) is 5.73 Å². The van der Waals surface area contributed by atoms with Crippen LogP contribution in [-0.4, -0.2) is 9.97 Å². The van der Waals surface area contributed by atoms with Gasteiger partial charge in [0, 0.05) is 0 Å². The fourth-order valence-corrected chi connectivity index (χ4v) is 1.22. The minimum absolute atomic E-state index is 0. The molecule has 0 saturated carbocycles. The number of nitrogens with zero attached hydrogens (tertiary/aromatic N) is 2. The second kappa shape index (κ2) is 5.70. The molecule has 3 N–H and O–H groups in total. The van der Waals surface area contributed by atoms with Gasteiger partial charge in [0.05, 0.1) is 18.0 Å². The van der Waals surface area contributed by atoms with Crippen LogP contribution in [0.5, 0.6) is 11.6 Å². The monoisotopic (exact) mass is 264 g/mol. The molecule has 0 saturated heterocycles. The van der Waals surface area contributed by atoms with Gasteiger partial charge in [0.2, 0.25) is 5.88 Å². The molecule has 2 aromatic rings. The van der Waals surface area contributed by atoms with Crippen molar-refractivity contribution in [1.29, 1.82) is 5.26 Å². The third-order valence-electron chi connectivity index (χ3n) is 2.03. The van der Waals surface area contributed by atoms with Crippen molar-refractivity contribution in [1.82, 2.24) is 9.97 Å². The second-order valence-electron chi connectivity index (χ2n) is 3.19. The van der Waals surface area contributed by atoms with Crippen molar-refractivity contribution in [3.05, 3.63) is 46.5 Å². The first-order chi connectivity index (χ1) is 8.20. The van der Waals surface area contributed by atoms with E-state index in [-0.39, 0.29) is 24.0 Å². The highest BCUT2D eigenvalue weighted by atomic mass is 35.5. The zero-order valence-electron chi connectivity index (χ0n) is 9.08. The summed E-state index contributed by atoms with van der Waals surface area (Å²) in [6, 6.07) is 8.46. The van der Waals surface area contributed by atoms with Gasteiger partial charge in [-0.2, -0.15) is 5.26 Å². The van der Waals surface area contributed by atoms with Gasteiger partial charge in [0.15, 0.2) is 5.69 Å². The molecule has 7 heteroatoms. The fraction of sp³-hybridized carbons (Fsp3) is 0. The first kappa shape index (κ1) is 13.5. The van der Waals surface area contributed by atoms with Crippen molar-refractivity contribution >= 4 is 18.1 Å². The van der Waals surface area contributed by atoms with E-state index in [0.717, 1.165) is 0 Å². The van der Waals surface area contributed by atoms with Gasteiger partial charge in [-0.05, 0) is 18.2 Å². The van der Waals surface area contributed by atoms with E-state index in [4.69, 9.17) is 15.7 Å². The molecule has 1 aromatic heterocycles. The Balaban J connectivity index is 0.00000162. The molecule has 0 unspecified atom stereocenters. The Hall–Kier alpha value is -2.52. The number of nitrogens with two attached hydrogens (primary N) is 1. The predicted molar refractivity (Wildman–Crippen MR) is 67.7 cm³/mol. The lowest BCUT2D eigenvalue weighted by Crippen LogP contribution is -2.13. The van der Waals surface area contributed by atoms with E-state index >= 15 is 0 Å². The number of aromatic nitrogens is 2. The summed E-state index contributed by atoms with van der Waals surface area (Å²) in [5.41, 5.74) is 5.39. The van der Waals surface area contributed by atoms with Gasteiger partial charge in [0.1, 0.15) is 5.75 Å². The quantitative estimate of drug-likeness (QED) is 0.854. The minimum atomic E-state index is -0.466. The molecule has 92 valence electrons. The summed E-state index contributed by atoms with van der Waals surface area (Å²) in [6.45, 7) is 0. The minimum Gasteiger partial charge on any atom is -0.437 e. The lowest BCUT2D eigenvalue weighted by atomic mass is 10.2. The Kier molecular flexibility index (Phi) is 4.29. The third kappa shape index (κ3) is 2.78. The zero-order valence-corrected chi connectivity index (χ0v) is 9.90. The standard InChI is InChI=1S/C11H8N4O2.ClH/c12-5-7-2-1-3-8(4-7)17-11-9(13)10(16)14-6-15-11;/h1-4,6H,13H2,(H,14,15,16);1H. The molecule has 18 heavy (non-hydrogen) atoms. The maximum Gasteiger partial charge on any atom is 0.277 e. The van der Waals surface area contributed by atoms with Crippen LogP contribution in [0.25, 0.3) is 0 Å². The average molecular weight is 265 g/mol. The topological polar surface area (TPSA) is 105 Å². The Morgan fingerprint density at radius 1 is 1.44 bits per heavy atom. The van der Waals surface area contributed by atoms with Gasteiger partial charge in [0.25, 0.3) is 5.56 Å². The highest BCUT2D eigenvalue weighted by Crippen LogP contribution is 2.22. The molecule has 0 aliphatic carbocycles. The summed E-state index contributed by atoms with van der Waals surface area (Å²) in [6.07, 6.45) is 1.20. The number of hydrogen-bond acceptors (Lipinski definition) is 5. The first-order valence-corrected chi connectivity index (χ1v) is 4.72. The Morgan fingerprint density at radius 3 is 2.94 bits per heavy atom. The summed E-state index contributed by atoms with van der Waals surface area (Å²) in [7, 11) is 0. The molecule has 0 atom stereocenters. The highest BCUT2D eigenvalue weighted by molar-refractivity contribution is 5.85. The van der Waals surface area contributed by atoms with Gasteiger partial charge >= 0.3 is 0 Å². The Morgan fingerprint density at radius 2 is 2.22 bits per heavy atom.